The van der Waals surface area contributed by atoms with E-state index < -0.39 is 0 Å². The molecule has 0 spiro atoms. The first-order chi connectivity index (χ1) is 12.4. The van der Waals surface area contributed by atoms with E-state index in [4.69, 9.17) is 0 Å². The summed E-state index contributed by atoms with van der Waals surface area (Å²) in [5.74, 6) is 0.661. The van der Waals surface area contributed by atoms with E-state index >= 15 is 0 Å². The van der Waals surface area contributed by atoms with Crippen molar-refractivity contribution in [3.8, 4) is 0 Å². The van der Waals surface area contributed by atoms with Gasteiger partial charge >= 0.3 is 0 Å². The molecular weight excluding hydrogens is 326 g/mol. The van der Waals surface area contributed by atoms with Crippen molar-refractivity contribution in [1.29, 1.82) is 0 Å². The second-order valence-electron chi connectivity index (χ2n) is 7.90. The van der Waals surface area contributed by atoms with Crippen molar-refractivity contribution in [2.24, 2.45) is 4.99 Å². The van der Waals surface area contributed by atoms with Crippen molar-refractivity contribution in [3.63, 3.8) is 0 Å². The molecule has 0 saturated carbocycles. The van der Waals surface area contributed by atoms with Crippen molar-refractivity contribution in [1.82, 2.24) is 20.9 Å². The molecule has 0 radical (unpaired) electrons. The van der Waals surface area contributed by atoms with Crippen LogP contribution in [0.25, 0.3) is 0 Å². The van der Waals surface area contributed by atoms with Gasteiger partial charge in [-0.05, 0) is 39.2 Å². The van der Waals surface area contributed by atoms with Crippen molar-refractivity contribution < 1.29 is 4.79 Å². The van der Waals surface area contributed by atoms with Gasteiger partial charge in [-0.2, -0.15) is 0 Å². The minimum Gasteiger partial charge on any atom is -0.354 e. The van der Waals surface area contributed by atoms with Gasteiger partial charge in [0.15, 0.2) is 5.96 Å². The fourth-order valence-electron chi connectivity index (χ4n) is 3.09. The van der Waals surface area contributed by atoms with E-state index in [-0.39, 0.29) is 18.0 Å². The van der Waals surface area contributed by atoms with E-state index in [0.29, 0.717) is 12.0 Å². The molecule has 6 heteroatoms. The Kier molecular flexibility index (Phi) is 7.45. The zero-order valence-electron chi connectivity index (χ0n) is 16.5. The van der Waals surface area contributed by atoms with E-state index in [9.17, 15) is 4.79 Å². The Morgan fingerprint density at radius 3 is 2.42 bits per heavy atom. The summed E-state index contributed by atoms with van der Waals surface area (Å²) in [5, 5.41) is 9.48. The largest absolute Gasteiger partial charge is 0.354 e. The minimum atomic E-state index is -0.221. The summed E-state index contributed by atoms with van der Waals surface area (Å²) in [5.41, 5.74) is 1.14. The average Bonchev–Trinajstić information content (AvgIpc) is 2.59. The molecule has 0 bridgehead atoms. The third kappa shape index (κ3) is 7.44. The van der Waals surface area contributed by atoms with Gasteiger partial charge in [-0.3, -0.25) is 14.7 Å². The highest BCUT2D eigenvalue weighted by Gasteiger charge is 2.20. The van der Waals surface area contributed by atoms with Gasteiger partial charge in [-0.25, -0.2) is 0 Å². The van der Waals surface area contributed by atoms with E-state index in [1.807, 2.05) is 20.8 Å². The maximum atomic E-state index is 11.9. The maximum absolute atomic E-state index is 11.9. The summed E-state index contributed by atoms with van der Waals surface area (Å²) in [6, 6.07) is 11.0. The third-order valence-electron chi connectivity index (χ3n) is 4.33. The van der Waals surface area contributed by atoms with Crippen LogP contribution in [0.5, 0.6) is 0 Å². The number of hydrogen-bond donors (Lipinski definition) is 3. The first-order valence-corrected chi connectivity index (χ1v) is 9.40. The number of hydrogen-bond acceptors (Lipinski definition) is 3. The smallest absolute Gasteiger partial charge is 0.239 e. The zero-order valence-corrected chi connectivity index (χ0v) is 16.5. The second-order valence-corrected chi connectivity index (χ2v) is 7.90. The van der Waals surface area contributed by atoms with E-state index in [1.54, 1.807) is 7.05 Å². The standard InChI is InChI=1S/C20H33N5O/c1-20(2,3)24-18(26)14-22-19(21-4)23-17-10-12-25(13-11-17)15-16-8-6-5-7-9-16/h5-9,17H,10-15H2,1-4H3,(H,24,26)(H2,21,22,23). The number of aliphatic imine (C=N–C) groups is 1. The number of rotatable bonds is 5. The summed E-state index contributed by atoms with van der Waals surface area (Å²) in [7, 11) is 1.74. The van der Waals surface area contributed by atoms with Crippen LogP contribution in [0.15, 0.2) is 35.3 Å². The van der Waals surface area contributed by atoms with Crippen LogP contribution in [-0.4, -0.2) is 55.0 Å². The first kappa shape index (κ1) is 20.2. The lowest BCUT2D eigenvalue weighted by Crippen LogP contribution is -2.51. The van der Waals surface area contributed by atoms with Gasteiger partial charge < -0.3 is 16.0 Å². The van der Waals surface area contributed by atoms with Crippen LogP contribution in [0.1, 0.15) is 39.2 Å². The number of piperidine rings is 1. The third-order valence-corrected chi connectivity index (χ3v) is 4.33. The summed E-state index contributed by atoms with van der Waals surface area (Å²) in [6.07, 6.45) is 2.14. The molecule has 1 amide bonds. The van der Waals surface area contributed by atoms with E-state index in [0.717, 1.165) is 32.5 Å². The number of guanidine groups is 1. The number of amides is 1. The Morgan fingerprint density at radius 1 is 1.19 bits per heavy atom. The lowest BCUT2D eigenvalue weighted by molar-refractivity contribution is -0.121. The normalized spacial score (nSPS) is 17.0. The molecule has 1 saturated heterocycles. The summed E-state index contributed by atoms with van der Waals surface area (Å²) >= 11 is 0. The number of nitrogens with zero attached hydrogens (tertiary/aromatic N) is 2. The molecule has 1 heterocycles. The highest BCUT2D eigenvalue weighted by atomic mass is 16.2. The Morgan fingerprint density at radius 2 is 1.85 bits per heavy atom. The van der Waals surface area contributed by atoms with Gasteiger partial charge in [0, 0.05) is 38.3 Å². The number of nitrogens with one attached hydrogen (secondary N) is 3. The quantitative estimate of drug-likeness (QED) is 0.553. The van der Waals surface area contributed by atoms with Gasteiger partial charge in [0.1, 0.15) is 0 Å². The molecule has 6 nitrogen and oxygen atoms in total. The van der Waals surface area contributed by atoms with Gasteiger partial charge in [0.2, 0.25) is 5.91 Å². The molecule has 1 aromatic rings. The van der Waals surface area contributed by atoms with E-state index in [1.165, 1.54) is 5.56 Å². The van der Waals surface area contributed by atoms with Crippen molar-refractivity contribution in [3.05, 3.63) is 35.9 Å². The fraction of sp³-hybridized carbons (Fsp3) is 0.600. The monoisotopic (exact) mass is 359 g/mol. The van der Waals surface area contributed by atoms with Crippen molar-refractivity contribution >= 4 is 11.9 Å². The molecule has 0 aliphatic carbocycles. The molecule has 0 aromatic heterocycles. The molecular formula is C20H33N5O. The number of carbonyl (C=O) groups is 1. The molecule has 26 heavy (non-hydrogen) atoms. The molecule has 1 aromatic carbocycles. The Balaban J connectivity index is 1.70. The van der Waals surface area contributed by atoms with Crippen LogP contribution in [0.2, 0.25) is 0 Å². The predicted octanol–water partition coefficient (Wildman–Crippen LogP) is 1.73. The molecule has 1 aliphatic heterocycles. The van der Waals surface area contributed by atoms with Crippen LogP contribution in [0.4, 0.5) is 0 Å². The van der Waals surface area contributed by atoms with Crippen LogP contribution in [0, 0.1) is 0 Å². The molecule has 144 valence electrons. The van der Waals surface area contributed by atoms with Gasteiger partial charge in [0.25, 0.3) is 0 Å². The molecule has 3 N–H and O–H groups in total. The second kappa shape index (κ2) is 9.57. The first-order valence-electron chi connectivity index (χ1n) is 9.40. The highest BCUT2D eigenvalue weighted by molar-refractivity contribution is 5.86. The van der Waals surface area contributed by atoms with Crippen LogP contribution in [0.3, 0.4) is 0 Å². The lowest BCUT2D eigenvalue weighted by Gasteiger charge is -2.33. The highest BCUT2D eigenvalue weighted by Crippen LogP contribution is 2.13. The number of likely N-dealkylation sites (tertiary alicyclic amines) is 1. The number of benzene rings is 1. The lowest BCUT2D eigenvalue weighted by atomic mass is 10.0. The topological polar surface area (TPSA) is 68.8 Å². The van der Waals surface area contributed by atoms with Gasteiger partial charge in [-0.15, -0.1) is 0 Å². The minimum absolute atomic E-state index is 0.0295. The Bertz CT molecular complexity index is 586. The molecule has 0 unspecified atom stereocenters. The zero-order chi connectivity index (χ0) is 19.0. The van der Waals surface area contributed by atoms with Crippen LogP contribution in [-0.2, 0) is 11.3 Å². The Hall–Kier alpha value is -2.08. The average molecular weight is 360 g/mol. The predicted molar refractivity (Wildman–Crippen MR) is 107 cm³/mol. The van der Waals surface area contributed by atoms with Crippen molar-refractivity contribution in [2.75, 3.05) is 26.7 Å². The molecule has 1 aliphatic rings. The number of carbonyl (C=O) groups excluding carboxylic acids is 1. The maximum Gasteiger partial charge on any atom is 0.239 e. The van der Waals surface area contributed by atoms with Crippen LogP contribution < -0.4 is 16.0 Å². The van der Waals surface area contributed by atoms with Gasteiger partial charge in [0.05, 0.1) is 6.54 Å². The fourth-order valence-corrected chi connectivity index (χ4v) is 3.09. The summed E-state index contributed by atoms with van der Waals surface area (Å²) in [4.78, 5) is 18.6. The van der Waals surface area contributed by atoms with Crippen molar-refractivity contribution in [2.45, 2.75) is 51.7 Å². The molecule has 1 fully saturated rings. The summed E-state index contributed by atoms with van der Waals surface area (Å²) < 4.78 is 0. The van der Waals surface area contributed by atoms with Crippen LogP contribution >= 0.6 is 0 Å². The SMILES string of the molecule is CN=C(NCC(=O)NC(C)(C)C)NC1CCN(Cc2ccccc2)CC1. The Labute approximate surface area is 157 Å². The van der Waals surface area contributed by atoms with Gasteiger partial charge in [-0.1, -0.05) is 30.3 Å². The molecule has 0 atom stereocenters. The summed E-state index contributed by atoms with van der Waals surface area (Å²) in [6.45, 7) is 9.28. The molecule has 2 rings (SSSR count). The van der Waals surface area contributed by atoms with E-state index in [2.05, 4.69) is 56.2 Å².